The molecular formula is C16H17N5OSi. The first-order chi connectivity index (χ1) is 11.1. The highest BCUT2D eigenvalue weighted by Crippen LogP contribution is 2.31. The van der Waals surface area contributed by atoms with Crippen LogP contribution in [0, 0.1) is 6.92 Å². The number of fused-ring (bicyclic) bond motifs is 1. The number of rotatable bonds is 4. The van der Waals surface area contributed by atoms with Crippen LogP contribution in [0.1, 0.15) is 11.4 Å². The number of nitrogens with zero attached hydrogens (tertiary/aromatic N) is 5. The molecule has 1 aromatic carbocycles. The van der Waals surface area contributed by atoms with E-state index in [4.69, 9.17) is 4.43 Å². The lowest BCUT2D eigenvalue weighted by molar-refractivity contribution is 0.577. The predicted octanol–water partition coefficient (Wildman–Crippen LogP) is 2.84. The number of aromatic nitrogens is 4. The van der Waals surface area contributed by atoms with Crippen LogP contribution < -0.4 is 4.43 Å². The van der Waals surface area contributed by atoms with Crippen molar-refractivity contribution < 1.29 is 4.43 Å². The van der Waals surface area contributed by atoms with E-state index in [-0.39, 0.29) is 0 Å². The summed E-state index contributed by atoms with van der Waals surface area (Å²) in [6.07, 6.45) is 6.49. The fraction of sp³-hybridized carbons (Fsp3) is 0.188. The lowest BCUT2D eigenvalue weighted by Gasteiger charge is -2.14. The standard InChI is InChI=1S/C16H17N5OSi/c1-11-5-4-6-12(15(11)22-23(2)3)19-10-14-20-9-13-16(21-14)18-8-7-17-13/h4-10,23H,1-3H3. The quantitative estimate of drug-likeness (QED) is 0.545. The van der Waals surface area contributed by atoms with Gasteiger partial charge in [-0.25, -0.2) is 24.9 Å². The number of para-hydroxylation sites is 1. The van der Waals surface area contributed by atoms with E-state index in [9.17, 15) is 0 Å². The molecule has 2 heterocycles. The van der Waals surface area contributed by atoms with Crippen molar-refractivity contribution in [2.75, 3.05) is 0 Å². The second-order valence-corrected chi connectivity index (χ2v) is 7.67. The summed E-state index contributed by atoms with van der Waals surface area (Å²) in [5.74, 6) is 1.33. The van der Waals surface area contributed by atoms with Gasteiger partial charge in [0.05, 0.1) is 12.4 Å². The number of benzene rings is 1. The third-order valence-corrected chi connectivity index (χ3v) is 3.82. The lowest BCUT2D eigenvalue weighted by atomic mass is 10.2. The number of aliphatic imine (C=N–C) groups is 1. The molecule has 0 aliphatic heterocycles. The molecule has 0 aliphatic carbocycles. The molecule has 0 unspecified atom stereocenters. The fourth-order valence-electron chi connectivity index (χ4n) is 2.10. The summed E-state index contributed by atoms with van der Waals surface area (Å²) in [5, 5.41) is 0. The Kier molecular flexibility index (Phi) is 4.38. The van der Waals surface area contributed by atoms with E-state index in [0.29, 0.717) is 17.0 Å². The third kappa shape index (κ3) is 3.57. The molecule has 7 heteroatoms. The summed E-state index contributed by atoms with van der Waals surface area (Å²) in [7, 11) is -1.21. The highest BCUT2D eigenvalue weighted by Gasteiger charge is 2.08. The van der Waals surface area contributed by atoms with Crippen molar-refractivity contribution in [1.82, 2.24) is 19.9 Å². The maximum Gasteiger partial charge on any atom is 0.229 e. The zero-order chi connectivity index (χ0) is 16.2. The van der Waals surface area contributed by atoms with E-state index in [2.05, 4.69) is 38.0 Å². The van der Waals surface area contributed by atoms with Crippen molar-refractivity contribution in [3.8, 4) is 5.75 Å². The Morgan fingerprint density at radius 2 is 1.96 bits per heavy atom. The van der Waals surface area contributed by atoms with Gasteiger partial charge >= 0.3 is 0 Å². The molecule has 3 aromatic rings. The summed E-state index contributed by atoms with van der Waals surface area (Å²) in [4.78, 5) is 21.4. The summed E-state index contributed by atoms with van der Waals surface area (Å²) >= 11 is 0. The molecule has 0 fully saturated rings. The van der Waals surface area contributed by atoms with Crippen molar-refractivity contribution in [2.24, 2.45) is 4.99 Å². The molecule has 0 saturated carbocycles. The van der Waals surface area contributed by atoms with Crippen LogP contribution in [0.5, 0.6) is 5.75 Å². The van der Waals surface area contributed by atoms with E-state index < -0.39 is 9.04 Å². The molecule has 0 radical (unpaired) electrons. The molecule has 6 nitrogen and oxygen atoms in total. The van der Waals surface area contributed by atoms with E-state index in [0.717, 1.165) is 17.0 Å². The van der Waals surface area contributed by atoms with Gasteiger partial charge < -0.3 is 4.43 Å². The van der Waals surface area contributed by atoms with Gasteiger partial charge in [-0.15, -0.1) is 0 Å². The molecule has 116 valence electrons. The zero-order valence-electron chi connectivity index (χ0n) is 13.3. The normalized spacial score (nSPS) is 11.5. The summed E-state index contributed by atoms with van der Waals surface area (Å²) in [6, 6.07) is 5.91. The van der Waals surface area contributed by atoms with Gasteiger partial charge in [0.2, 0.25) is 9.04 Å². The second-order valence-electron chi connectivity index (χ2n) is 5.34. The van der Waals surface area contributed by atoms with Gasteiger partial charge in [-0.2, -0.15) is 0 Å². The van der Waals surface area contributed by atoms with Gasteiger partial charge in [-0.3, -0.25) is 0 Å². The van der Waals surface area contributed by atoms with Crippen LogP contribution in [-0.4, -0.2) is 35.2 Å². The summed E-state index contributed by atoms with van der Waals surface area (Å²) in [6.45, 7) is 6.28. The van der Waals surface area contributed by atoms with Gasteiger partial charge in [0.25, 0.3) is 0 Å². The maximum atomic E-state index is 6.00. The maximum absolute atomic E-state index is 6.00. The first-order valence-electron chi connectivity index (χ1n) is 7.37. The molecule has 2 aromatic heterocycles. The van der Waals surface area contributed by atoms with Crippen molar-refractivity contribution in [1.29, 1.82) is 0 Å². The Morgan fingerprint density at radius 1 is 1.13 bits per heavy atom. The van der Waals surface area contributed by atoms with E-state index in [1.165, 1.54) is 0 Å². The second kappa shape index (κ2) is 6.61. The monoisotopic (exact) mass is 323 g/mol. The van der Waals surface area contributed by atoms with E-state index in [1.54, 1.807) is 24.8 Å². The first kappa shape index (κ1) is 15.2. The molecular weight excluding hydrogens is 306 g/mol. The van der Waals surface area contributed by atoms with Gasteiger partial charge in [-0.1, -0.05) is 12.1 Å². The molecule has 0 N–H and O–H groups in total. The Hall–Kier alpha value is -2.67. The van der Waals surface area contributed by atoms with Crippen LogP contribution in [0.25, 0.3) is 11.2 Å². The van der Waals surface area contributed by atoms with Gasteiger partial charge in [-0.05, 0) is 31.6 Å². The predicted molar refractivity (Wildman–Crippen MR) is 93.1 cm³/mol. The van der Waals surface area contributed by atoms with Crippen molar-refractivity contribution in [3.63, 3.8) is 0 Å². The zero-order valence-corrected chi connectivity index (χ0v) is 14.4. The smallest absolute Gasteiger partial charge is 0.229 e. The number of hydrogen-bond acceptors (Lipinski definition) is 6. The van der Waals surface area contributed by atoms with E-state index in [1.807, 2.05) is 25.1 Å². The SMILES string of the molecule is Cc1cccc(N=Cc2ncc3nccnc3n2)c1O[SiH](C)C. The Bertz CT molecular complexity index is 866. The molecule has 0 atom stereocenters. The van der Waals surface area contributed by atoms with Crippen LogP contribution in [0.3, 0.4) is 0 Å². The molecule has 23 heavy (non-hydrogen) atoms. The minimum Gasteiger partial charge on any atom is -0.545 e. The average Bonchev–Trinajstić information content (AvgIpc) is 2.55. The summed E-state index contributed by atoms with van der Waals surface area (Å²) < 4.78 is 6.00. The number of hydrogen-bond donors (Lipinski definition) is 0. The van der Waals surface area contributed by atoms with Crippen molar-refractivity contribution in [2.45, 2.75) is 20.0 Å². The largest absolute Gasteiger partial charge is 0.545 e. The third-order valence-electron chi connectivity index (χ3n) is 3.11. The Balaban J connectivity index is 1.93. The topological polar surface area (TPSA) is 73.2 Å². The average molecular weight is 323 g/mol. The van der Waals surface area contributed by atoms with E-state index >= 15 is 0 Å². The van der Waals surface area contributed by atoms with Gasteiger partial charge in [0.1, 0.15) is 17.0 Å². The minimum atomic E-state index is -1.21. The highest BCUT2D eigenvalue weighted by molar-refractivity contribution is 6.49. The molecule has 0 amide bonds. The molecule has 0 bridgehead atoms. The van der Waals surface area contributed by atoms with Crippen molar-refractivity contribution >= 4 is 32.1 Å². The fourth-order valence-corrected chi connectivity index (χ4v) is 2.88. The summed E-state index contributed by atoms with van der Waals surface area (Å²) in [5.41, 5.74) is 3.08. The van der Waals surface area contributed by atoms with Crippen LogP contribution in [0.15, 0.2) is 41.8 Å². The van der Waals surface area contributed by atoms with Crippen molar-refractivity contribution in [3.05, 3.63) is 48.2 Å². The van der Waals surface area contributed by atoms with Crippen LogP contribution in [0.4, 0.5) is 5.69 Å². The van der Waals surface area contributed by atoms with Crippen LogP contribution >= 0.6 is 0 Å². The minimum absolute atomic E-state index is 0.493. The molecule has 0 spiro atoms. The van der Waals surface area contributed by atoms with Crippen LogP contribution in [0.2, 0.25) is 13.1 Å². The first-order valence-corrected chi connectivity index (χ1v) is 10.2. The Labute approximate surface area is 136 Å². The van der Waals surface area contributed by atoms with Gasteiger partial charge in [0, 0.05) is 12.4 Å². The lowest BCUT2D eigenvalue weighted by Crippen LogP contribution is -2.12. The van der Waals surface area contributed by atoms with Crippen LogP contribution in [-0.2, 0) is 0 Å². The highest BCUT2D eigenvalue weighted by atomic mass is 28.3. The molecule has 0 aliphatic rings. The number of aryl methyl sites for hydroxylation is 1. The molecule has 3 rings (SSSR count). The van der Waals surface area contributed by atoms with Gasteiger partial charge in [0.15, 0.2) is 11.5 Å². The Morgan fingerprint density at radius 3 is 2.78 bits per heavy atom. The molecule has 0 saturated heterocycles.